The molecule has 0 aromatic heterocycles. The van der Waals surface area contributed by atoms with Crippen LogP contribution in [0.3, 0.4) is 0 Å². The highest BCUT2D eigenvalue weighted by Gasteiger charge is 2.34. The van der Waals surface area contributed by atoms with Gasteiger partial charge in [0.15, 0.2) is 0 Å². The number of rotatable bonds is 4. The molecule has 28 heavy (non-hydrogen) atoms. The molecule has 1 amide bonds. The summed E-state index contributed by atoms with van der Waals surface area (Å²) in [6, 6.07) is 9.58. The van der Waals surface area contributed by atoms with E-state index in [0.29, 0.717) is 30.1 Å². The predicted molar refractivity (Wildman–Crippen MR) is 113 cm³/mol. The Morgan fingerprint density at radius 3 is 2.64 bits per heavy atom. The van der Waals surface area contributed by atoms with Crippen LogP contribution in [0.2, 0.25) is 15.1 Å². The zero-order chi connectivity index (χ0) is 20.5. The molecule has 5 nitrogen and oxygen atoms in total. The van der Waals surface area contributed by atoms with Gasteiger partial charge in [-0.05, 0) is 55.7 Å². The molecule has 0 aliphatic carbocycles. The molecule has 9 heteroatoms. The quantitative estimate of drug-likeness (QED) is 0.697. The van der Waals surface area contributed by atoms with E-state index in [4.69, 9.17) is 34.8 Å². The van der Waals surface area contributed by atoms with Crippen LogP contribution < -0.4 is 5.32 Å². The lowest BCUT2D eigenvalue weighted by atomic mass is 9.98. The Morgan fingerprint density at radius 1 is 1.14 bits per heavy atom. The topological polar surface area (TPSA) is 66.5 Å². The van der Waals surface area contributed by atoms with E-state index in [1.807, 2.05) is 6.92 Å². The molecule has 0 radical (unpaired) electrons. The first kappa shape index (κ1) is 21.4. The lowest BCUT2D eigenvalue weighted by molar-refractivity contribution is -0.120. The van der Waals surface area contributed by atoms with Crippen molar-refractivity contribution in [1.82, 2.24) is 4.31 Å². The van der Waals surface area contributed by atoms with Gasteiger partial charge in [-0.2, -0.15) is 4.31 Å². The van der Waals surface area contributed by atoms with Crippen LogP contribution in [0.15, 0.2) is 41.3 Å². The Morgan fingerprint density at radius 2 is 1.89 bits per heavy atom. The lowest BCUT2D eigenvalue weighted by Crippen LogP contribution is -2.43. The van der Waals surface area contributed by atoms with Crippen LogP contribution >= 0.6 is 34.8 Å². The highest BCUT2D eigenvalue weighted by Crippen LogP contribution is 2.31. The van der Waals surface area contributed by atoms with Crippen molar-refractivity contribution in [3.63, 3.8) is 0 Å². The summed E-state index contributed by atoms with van der Waals surface area (Å²) in [4.78, 5) is 12.7. The number of hydrogen-bond donors (Lipinski definition) is 1. The van der Waals surface area contributed by atoms with E-state index in [1.165, 1.54) is 22.5 Å². The Kier molecular flexibility index (Phi) is 6.57. The van der Waals surface area contributed by atoms with Crippen LogP contribution in [0.5, 0.6) is 0 Å². The van der Waals surface area contributed by atoms with Crippen molar-refractivity contribution in [3.8, 4) is 0 Å². The van der Waals surface area contributed by atoms with Gasteiger partial charge in [0, 0.05) is 28.8 Å². The number of nitrogens with zero attached hydrogens (tertiary/aromatic N) is 1. The number of carbonyl (C=O) groups excluding carboxylic acids is 1. The van der Waals surface area contributed by atoms with Crippen LogP contribution in [0, 0.1) is 12.8 Å². The summed E-state index contributed by atoms with van der Waals surface area (Å²) in [6.45, 7) is 2.22. The maximum atomic E-state index is 13.0. The number of carbonyl (C=O) groups is 1. The maximum Gasteiger partial charge on any atom is 0.244 e. The van der Waals surface area contributed by atoms with E-state index < -0.39 is 15.9 Å². The molecular weight excluding hydrogens is 443 g/mol. The molecule has 1 N–H and O–H groups in total. The van der Waals surface area contributed by atoms with Crippen molar-refractivity contribution in [3.05, 3.63) is 57.0 Å². The third-order valence-corrected chi connectivity index (χ3v) is 7.78. The highest BCUT2D eigenvalue weighted by molar-refractivity contribution is 7.89. The molecule has 1 heterocycles. The molecule has 1 fully saturated rings. The lowest BCUT2D eigenvalue weighted by Gasteiger charge is -2.31. The van der Waals surface area contributed by atoms with E-state index in [-0.39, 0.29) is 27.4 Å². The van der Waals surface area contributed by atoms with Crippen molar-refractivity contribution in [2.24, 2.45) is 5.92 Å². The van der Waals surface area contributed by atoms with Crippen molar-refractivity contribution >= 4 is 56.4 Å². The largest absolute Gasteiger partial charge is 0.326 e. The normalized spacial score (nSPS) is 18.1. The van der Waals surface area contributed by atoms with Gasteiger partial charge >= 0.3 is 0 Å². The SMILES string of the molecule is Cc1c(Cl)cccc1NC(=O)[C@H]1CCCN(S(=O)(=O)c2cc(Cl)ccc2Cl)C1. The number of amides is 1. The minimum Gasteiger partial charge on any atom is -0.326 e. The molecule has 1 saturated heterocycles. The molecule has 0 saturated carbocycles. The molecule has 0 unspecified atom stereocenters. The van der Waals surface area contributed by atoms with E-state index in [9.17, 15) is 13.2 Å². The summed E-state index contributed by atoms with van der Waals surface area (Å²) in [5.74, 6) is -0.706. The second-order valence-electron chi connectivity index (χ2n) is 6.68. The van der Waals surface area contributed by atoms with Gasteiger partial charge in [-0.15, -0.1) is 0 Å². The van der Waals surface area contributed by atoms with E-state index in [2.05, 4.69) is 5.32 Å². The molecule has 2 aromatic carbocycles. The fourth-order valence-corrected chi connectivity index (χ4v) is 5.60. The van der Waals surface area contributed by atoms with Gasteiger partial charge in [0.05, 0.1) is 10.9 Å². The number of hydrogen-bond acceptors (Lipinski definition) is 3. The Bertz CT molecular complexity index is 1010. The summed E-state index contributed by atoms with van der Waals surface area (Å²) in [5, 5.41) is 3.80. The zero-order valence-corrected chi connectivity index (χ0v) is 18.2. The molecule has 1 aliphatic rings. The van der Waals surface area contributed by atoms with Crippen molar-refractivity contribution < 1.29 is 13.2 Å². The first-order valence-corrected chi connectivity index (χ1v) is 11.3. The molecule has 2 aromatic rings. The van der Waals surface area contributed by atoms with Gasteiger partial charge in [-0.3, -0.25) is 4.79 Å². The van der Waals surface area contributed by atoms with Crippen molar-refractivity contribution in [2.45, 2.75) is 24.7 Å². The second-order valence-corrected chi connectivity index (χ2v) is 9.84. The molecule has 1 aliphatic heterocycles. The molecule has 3 rings (SSSR count). The second kappa shape index (κ2) is 8.59. The summed E-state index contributed by atoms with van der Waals surface area (Å²) >= 11 is 18.1. The van der Waals surface area contributed by atoms with E-state index in [1.54, 1.807) is 18.2 Å². The van der Waals surface area contributed by atoms with Gasteiger partial charge in [0.1, 0.15) is 4.90 Å². The number of anilines is 1. The highest BCUT2D eigenvalue weighted by atomic mass is 35.5. The third-order valence-electron chi connectivity index (χ3n) is 4.79. The molecule has 1 atom stereocenters. The molecular formula is C19H19Cl3N2O3S. The summed E-state index contributed by atoms with van der Waals surface area (Å²) in [7, 11) is -3.85. The molecule has 150 valence electrons. The molecule has 0 bridgehead atoms. The fourth-order valence-electron chi connectivity index (χ4n) is 3.17. The van der Waals surface area contributed by atoms with E-state index in [0.717, 1.165) is 5.56 Å². The fraction of sp³-hybridized carbons (Fsp3) is 0.316. The monoisotopic (exact) mass is 460 g/mol. The smallest absolute Gasteiger partial charge is 0.244 e. The van der Waals surface area contributed by atoms with Crippen LogP contribution in [-0.4, -0.2) is 31.7 Å². The van der Waals surface area contributed by atoms with Gasteiger partial charge in [0.25, 0.3) is 0 Å². The van der Waals surface area contributed by atoms with Gasteiger partial charge < -0.3 is 5.32 Å². The number of benzene rings is 2. The van der Waals surface area contributed by atoms with Crippen LogP contribution in [0.1, 0.15) is 18.4 Å². The number of nitrogens with one attached hydrogen (secondary N) is 1. The number of piperidine rings is 1. The summed E-state index contributed by atoms with van der Waals surface area (Å²) in [5.41, 5.74) is 1.39. The minimum atomic E-state index is -3.85. The van der Waals surface area contributed by atoms with E-state index >= 15 is 0 Å². The number of sulfonamides is 1. The first-order chi connectivity index (χ1) is 13.2. The minimum absolute atomic E-state index is 0.0478. The third kappa shape index (κ3) is 4.47. The van der Waals surface area contributed by atoms with Crippen LogP contribution in [0.25, 0.3) is 0 Å². The van der Waals surface area contributed by atoms with Crippen LogP contribution in [0.4, 0.5) is 5.69 Å². The summed E-state index contributed by atoms with van der Waals surface area (Å²) < 4.78 is 27.3. The van der Waals surface area contributed by atoms with Crippen molar-refractivity contribution in [1.29, 1.82) is 0 Å². The summed E-state index contributed by atoms with van der Waals surface area (Å²) in [6.07, 6.45) is 1.17. The van der Waals surface area contributed by atoms with Crippen LogP contribution in [-0.2, 0) is 14.8 Å². The van der Waals surface area contributed by atoms with Crippen molar-refractivity contribution in [2.75, 3.05) is 18.4 Å². The Hall–Kier alpha value is -1.31. The predicted octanol–water partition coefficient (Wildman–Crippen LogP) is 4.99. The molecule has 0 spiro atoms. The maximum absolute atomic E-state index is 13.0. The Balaban J connectivity index is 1.79. The average Bonchev–Trinajstić information content (AvgIpc) is 2.67. The first-order valence-electron chi connectivity index (χ1n) is 8.71. The van der Waals surface area contributed by atoms with Gasteiger partial charge in [-0.1, -0.05) is 40.9 Å². The van der Waals surface area contributed by atoms with Gasteiger partial charge in [0.2, 0.25) is 15.9 Å². The number of halogens is 3. The average molecular weight is 462 g/mol. The Labute approximate surface area is 179 Å². The van der Waals surface area contributed by atoms with Gasteiger partial charge in [-0.25, -0.2) is 8.42 Å². The standard InChI is InChI=1S/C19H19Cl3N2O3S/c1-12-15(21)5-2-6-17(12)23-19(25)13-4-3-9-24(11-13)28(26,27)18-10-14(20)7-8-16(18)22/h2,5-8,10,13H,3-4,9,11H2,1H3,(H,23,25)/t13-/m0/s1. The zero-order valence-electron chi connectivity index (χ0n) is 15.1.